The Bertz CT molecular complexity index is 517. The highest BCUT2D eigenvalue weighted by atomic mass is 79.9. The van der Waals surface area contributed by atoms with E-state index in [0.717, 1.165) is 15.9 Å². The molecule has 3 nitrogen and oxygen atoms in total. The van der Waals surface area contributed by atoms with Gasteiger partial charge in [-0.25, -0.2) is 4.98 Å². The molecule has 0 radical (unpaired) electrons. The Morgan fingerprint density at radius 1 is 1.47 bits per heavy atom. The second-order valence-electron chi connectivity index (χ2n) is 3.90. The van der Waals surface area contributed by atoms with Crippen LogP contribution in [0, 0.1) is 0 Å². The second-order valence-corrected chi connectivity index (χ2v) is 4.81. The van der Waals surface area contributed by atoms with E-state index in [-0.39, 0.29) is 0 Å². The van der Waals surface area contributed by atoms with Crippen LogP contribution in [-0.2, 0) is 0 Å². The van der Waals surface area contributed by atoms with Gasteiger partial charge in [-0.15, -0.1) is 0 Å². The van der Waals surface area contributed by atoms with Crippen LogP contribution in [0.3, 0.4) is 0 Å². The van der Waals surface area contributed by atoms with Gasteiger partial charge in [0.25, 0.3) is 0 Å². The van der Waals surface area contributed by atoms with Gasteiger partial charge in [-0.1, -0.05) is 0 Å². The molecule has 0 unspecified atom stereocenters. The first-order chi connectivity index (χ1) is 7.28. The molecule has 15 heavy (non-hydrogen) atoms. The summed E-state index contributed by atoms with van der Waals surface area (Å²) in [5, 5.41) is 0. The number of ether oxygens (including phenoxy) is 1. The minimum Gasteiger partial charge on any atom is -0.493 e. The van der Waals surface area contributed by atoms with E-state index in [2.05, 4.69) is 27.1 Å². The SMILES string of the molecule is COc1cc(Br)cn2cc(C3CC3)nc12. The van der Waals surface area contributed by atoms with Gasteiger partial charge in [0.15, 0.2) is 11.4 Å². The van der Waals surface area contributed by atoms with Gasteiger partial charge in [-0.2, -0.15) is 0 Å². The van der Waals surface area contributed by atoms with Gasteiger partial charge in [0.1, 0.15) is 0 Å². The standard InChI is InChI=1S/C11H11BrN2O/c1-15-10-4-8(12)5-14-6-9(7-2-3-7)13-11(10)14/h4-7H,2-3H2,1H3. The molecule has 0 N–H and O–H groups in total. The van der Waals surface area contributed by atoms with Crippen molar-refractivity contribution < 1.29 is 4.74 Å². The van der Waals surface area contributed by atoms with E-state index < -0.39 is 0 Å². The summed E-state index contributed by atoms with van der Waals surface area (Å²) in [5.74, 6) is 1.49. The first kappa shape index (κ1) is 9.21. The van der Waals surface area contributed by atoms with E-state index in [9.17, 15) is 0 Å². The van der Waals surface area contributed by atoms with Crippen LogP contribution in [-0.4, -0.2) is 16.5 Å². The van der Waals surface area contributed by atoms with Crippen molar-refractivity contribution in [1.29, 1.82) is 0 Å². The first-order valence-electron chi connectivity index (χ1n) is 5.00. The normalized spacial score (nSPS) is 15.9. The molecule has 0 bridgehead atoms. The fourth-order valence-electron chi connectivity index (χ4n) is 1.78. The lowest BCUT2D eigenvalue weighted by atomic mass is 10.3. The Morgan fingerprint density at radius 3 is 2.93 bits per heavy atom. The topological polar surface area (TPSA) is 26.5 Å². The lowest BCUT2D eigenvalue weighted by Gasteiger charge is -2.02. The van der Waals surface area contributed by atoms with Crippen LogP contribution in [0.5, 0.6) is 5.75 Å². The molecular weight excluding hydrogens is 256 g/mol. The molecule has 1 fully saturated rings. The Labute approximate surface area is 96.2 Å². The number of fused-ring (bicyclic) bond motifs is 1. The maximum atomic E-state index is 5.31. The third-order valence-electron chi connectivity index (χ3n) is 2.72. The summed E-state index contributed by atoms with van der Waals surface area (Å²) in [4.78, 5) is 4.60. The molecular formula is C11H11BrN2O. The van der Waals surface area contributed by atoms with Crippen molar-refractivity contribution >= 4 is 21.6 Å². The smallest absolute Gasteiger partial charge is 0.179 e. The van der Waals surface area contributed by atoms with Crippen molar-refractivity contribution in [3.63, 3.8) is 0 Å². The summed E-state index contributed by atoms with van der Waals surface area (Å²) < 4.78 is 8.34. The lowest BCUT2D eigenvalue weighted by Crippen LogP contribution is -1.89. The monoisotopic (exact) mass is 266 g/mol. The highest BCUT2D eigenvalue weighted by Gasteiger charge is 2.26. The van der Waals surface area contributed by atoms with Gasteiger partial charge in [-0.3, -0.25) is 0 Å². The molecule has 4 heteroatoms. The number of hydrogen-bond donors (Lipinski definition) is 0. The number of rotatable bonds is 2. The zero-order valence-electron chi connectivity index (χ0n) is 8.40. The zero-order chi connectivity index (χ0) is 10.4. The van der Waals surface area contributed by atoms with Crippen LogP contribution in [0.15, 0.2) is 22.9 Å². The van der Waals surface area contributed by atoms with Crippen molar-refractivity contribution in [2.24, 2.45) is 0 Å². The molecule has 1 aliphatic rings. The Balaban J connectivity index is 2.23. The Hall–Kier alpha value is -1.03. The van der Waals surface area contributed by atoms with Gasteiger partial charge in [0, 0.05) is 22.8 Å². The third-order valence-corrected chi connectivity index (χ3v) is 3.15. The van der Waals surface area contributed by atoms with Gasteiger partial charge >= 0.3 is 0 Å². The summed E-state index contributed by atoms with van der Waals surface area (Å²) in [6.07, 6.45) is 6.65. The molecule has 0 aromatic carbocycles. The zero-order valence-corrected chi connectivity index (χ0v) is 9.99. The van der Waals surface area contributed by atoms with E-state index in [1.54, 1.807) is 7.11 Å². The van der Waals surface area contributed by atoms with Crippen LogP contribution in [0.4, 0.5) is 0 Å². The quantitative estimate of drug-likeness (QED) is 0.836. The molecule has 3 rings (SSSR count). The predicted molar refractivity (Wildman–Crippen MR) is 61.4 cm³/mol. The van der Waals surface area contributed by atoms with E-state index in [4.69, 9.17) is 4.74 Å². The van der Waals surface area contributed by atoms with Crippen LogP contribution < -0.4 is 4.74 Å². The van der Waals surface area contributed by atoms with Gasteiger partial charge in [-0.05, 0) is 34.8 Å². The van der Waals surface area contributed by atoms with Gasteiger partial charge < -0.3 is 9.14 Å². The number of pyridine rings is 1. The van der Waals surface area contributed by atoms with Crippen molar-refractivity contribution in [2.75, 3.05) is 7.11 Å². The third kappa shape index (κ3) is 1.53. The molecule has 0 atom stereocenters. The molecule has 2 aromatic heterocycles. The van der Waals surface area contributed by atoms with Crippen LogP contribution in [0.2, 0.25) is 0 Å². The molecule has 78 valence electrons. The fourth-order valence-corrected chi connectivity index (χ4v) is 2.21. The molecule has 2 aromatic rings. The summed E-state index contributed by atoms with van der Waals surface area (Å²) in [6, 6.07) is 1.94. The van der Waals surface area contributed by atoms with Crippen molar-refractivity contribution in [3.8, 4) is 5.75 Å². The van der Waals surface area contributed by atoms with Crippen molar-refractivity contribution in [1.82, 2.24) is 9.38 Å². The Morgan fingerprint density at radius 2 is 2.27 bits per heavy atom. The molecule has 1 saturated carbocycles. The highest BCUT2D eigenvalue weighted by Crippen LogP contribution is 2.40. The van der Waals surface area contributed by atoms with Crippen LogP contribution in [0.1, 0.15) is 24.5 Å². The van der Waals surface area contributed by atoms with Crippen molar-refractivity contribution in [2.45, 2.75) is 18.8 Å². The lowest BCUT2D eigenvalue weighted by molar-refractivity contribution is 0.416. The van der Waals surface area contributed by atoms with Gasteiger partial charge in [0.05, 0.1) is 12.8 Å². The molecule has 0 amide bonds. The molecule has 0 aliphatic heterocycles. The molecule has 1 aliphatic carbocycles. The Kier molecular flexibility index (Phi) is 1.99. The molecule has 2 heterocycles. The number of hydrogen-bond acceptors (Lipinski definition) is 2. The number of nitrogens with zero attached hydrogens (tertiary/aromatic N) is 2. The minimum absolute atomic E-state index is 0.674. The second kappa shape index (κ2) is 3.23. The van der Waals surface area contributed by atoms with E-state index >= 15 is 0 Å². The van der Waals surface area contributed by atoms with Crippen LogP contribution in [0.25, 0.3) is 5.65 Å². The summed E-state index contributed by atoms with van der Waals surface area (Å²) in [5.41, 5.74) is 2.09. The van der Waals surface area contributed by atoms with E-state index in [1.807, 2.05) is 16.7 Å². The maximum absolute atomic E-state index is 5.31. The largest absolute Gasteiger partial charge is 0.493 e. The predicted octanol–water partition coefficient (Wildman–Crippen LogP) is 2.98. The number of imidazole rings is 1. The number of halogens is 1. The molecule has 0 saturated heterocycles. The number of methoxy groups -OCH3 is 1. The van der Waals surface area contributed by atoms with Gasteiger partial charge in [0.2, 0.25) is 0 Å². The van der Waals surface area contributed by atoms with Crippen molar-refractivity contribution in [3.05, 3.63) is 28.6 Å². The summed E-state index contributed by atoms with van der Waals surface area (Å²) in [7, 11) is 1.67. The van der Waals surface area contributed by atoms with Crippen LogP contribution >= 0.6 is 15.9 Å². The number of aromatic nitrogens is 2. The minimum atomic E-state index is 0.674. The van der Waals surface area contributed by atoms with E-state index in [0.29, 0.717) is 5.92 Å². The highest BCUT2D eigenvalue weighted by molar-refractivity contribution is 9.10. The first-order valence-corrected chi connectivity index (χ1v) is 5.79. The maximum Gasteiger partial charge on any atom is 0.179 e. The molecule has 0 spiro atoms. The average Bonchev–Trinajstić information content (AvgIpc) is 2.98. The fraction of sp³-hybridized carbons (Fsp3) is 0.364. The van der Waals surface area contributed by atoms with E-state index in [1.165, 1.54) is 18.5 Å². The summed E-state index contributed by atoms with van der Waals surface area (Å²) in [6.45, 7) is 0. The average molecular weight is 267 g/mol. The summed E-state index contributed by atoms with van der Waals surface area (Å²) >= 11 is 3.46.